The zero-order valence-electron chi connectivity index (χ0n) is 29.2. The molecular weight excluding hydrogens is 730 g/mol. The first-order chi connectivity index (χ1) is 25.6. The molecule has 16 nitrogen and oxygen atoms in total. The average molecular weight is 774 g/mol. The van der Waals surface area contributed by atoms with E-state index in [4.69, 9.17) is 51.7 Å². The Labute approximate surface area is 315 Å². The summed E-state index contributed by atoms with van der Waals surface area (Å²) in [6.07, 6.45) is -8.68. The highest BCUT2D eigenvalue weighted by atomic mass is 35.5. The van der Waals surface area contributed by atoms with Crippen LogP contribution < -0.4 is 36.6 Å². The van der Waals surface area contributed by atoms with E-state index in [0.29, 0.717) is 23.1 Å². The van der Waals surface area contributed by atoms with Crippen LogP contribution in [0.5, 0.6) is 17.2 Å². The third-order valence-electron chi connectivity index (χ3n) is 9.15. The first-order valence-electron chi connectivity index (χ1n) is 16.9. The maximum absolute atomic E-state index is 11.6. The summed E-state index contributed by atoms with van der Waals surface area (Å²) in [6.45, 7) is 2.20. The number of thioether (sulfide) groups is 1. The fourth-order valence-corrected chi connectivity index (χ4v) is 7.22. The summed E-state index contributed by atoms with van der Waals surface area (Å²) >= 11 is 7.16. The summed E-state index contributed by atoms with van der Waals surface area (Å²) in [5.74, 6) is 12.5. The normalized spacial score (nSPS) is 27.3. The number of hydrazine groups is 1. The minimum Gasteiger partial charge on any atom is -0.493 e. The Balaban J connectivity index is 1.17. The smallest absolute Gasteiger partial charge is 0.258 e. The molecule has 0 radical (unpaired) electrons. The molecule has 0 spiro atoms. The zero-order chi connectivity index (χ0) is 37.6. The van der Waals surface area contributed by atoms with Crippen molar-refractivity contribution in [3.63, 3.8) is 0 Å². The Morgan fingerprint density at radius 2 is 1.58 bits per heavy atom. The molecule has 53 heavy (non-hydrogen) atoms. The second-order valence-corrected chi connectivity index (χ2v) is 14.0. The summed E-state index contributed by atoms with van der Waals surface area (Å²) in [5.41, 5.74) is 5.46. The number of ether oxygens (including phenoxy) is 6. The van der Waals surface area contributed by atoms with Gasteiger partial charge < -0.3 is 54.9 Å². The van der Waals surface area contributed by atoms with Crippen LogP contribution in [0.15, 0.2) is 71.9 Å². The van der Waals surface area contributed by atoms with Crippen molar-refractivity contribution in [3.05, 3.63) is 77.3 Å². The van der Waals surface area contributed by atoms with Gasteiger partial charge in [-0.15, -0.1) is 10.2 Å². The van der Waals surface area contributed by atoms with Crippen molar-refractivity contribution in [2.75, 3.05) is 31.2 Å². The highest BCUT2D eigenvalue weighted by Crippen LogP contribution is 2.40. The van der Waals surface area contributed by atoms with Crippen LogP contribution in [0, 0.1) is 0 Å². The van der Waals surface area contributed by atoms with Crippen LogP contribution in [0.3, 0.4) is 0 Å². The number of nitrogen functional groups attached to an aromatic ring is 2. The lowest BCUT2D eigenvalue weighted by molar-refractivity contribution is -0.326. The Kier molecular flexibility index (Phi) is 12.8. The molecule has 0 bridgehead atoms. The molecule has 6 rings (SSSR count). The number of aliphatic hydroxyl groups excluding tert-OH is 3. The lowest BCUT2D eigenvalue weighted by atomic mass is 9.97. The van der Waals surface area contributed by atoms with Gasteiger partial charge in [-0.25, -0.2) is 10.5 Å². The fraction of sp³-hybridized carbons (Fsp3) is 0.429. The third-order valence-corrected chi connectivity index (χ3v) is 10.4. The number of methoxy groups -OCH3 is 2. The van der Waals surface area contributed by atoms with Crippen LogP contribution in [-0.4, -0.2) is 105 Å². The van der Waals surface area contributed by atoms with Gasteiger partial charge in [0, 0.05) is 29.8 Å². The number of anilines is 1. The van der Waals surface area contributed by atoms with Gasteiger partial charge in [-0.3, -0.25) is 5.43 Å². The standard InChI is InChI=1S/C35H44ClN7O9S/c1-18-28(44)23(39-16-19-7-9-20(10-8-19)21-11-13-22(36)14-12-21)15-27(49-18)51-32-30(46)29(45)26(17-53-35-42-41-34(40-37)43(35)38)50-33(32)52-31-24(47-2)5-4-6-25(31)48-3/h4-14,18,23,26-30,32-33,39,44-46H,15-17,37-38H2,1-3H3,(H,40,41)/t18-,23-,26+,27-,28+,29+,30-,32+,33-/m0/s1. The fourth-order valence-electron chi connectivity index (χ4n) is 6.19. The molecule has 1 aromatic heterocycles. The molecule has 9 N–H and O–H groups in total. The lowest BCUT2D eigenvalue weighted by Gasteiger charge is -2.45. The van der Waals surface area contributed by atoms with Crippen LogP contribution in [0.25, 0.3) is 11.1 Å². The molecule has 0 aliphatic carbocycles. The molecule has 0 amide bonds. The number of benzene rings is 3. The number of para-hydroxylation sites is 1. The highest BCUT2D eigenvalue weighted by Gasteiger charge is 2.49. The van der Waals surface area contributed by atoms with Crippen molar-refractivity contribution < 1.29 is 43.7 Å². The van der Waals surface area contributed by atoms with Gasteiger partial charge >= 0.3 is 0 Å². The van der Waals surface area contributed by atoms with Gasteiger partial charge in [0.1, 0.15) is 12.2 Å². The molecule has 2 fully saturated rings. The van der Waals surface area contributed by atoms with E-state index in [1.54, 1.807) is 25.1 Å². The average Bonchev–Trinajstić information content (AvgIpc) is 3.53. The topological polar surface area (TPSA) is 223 Å². The number of aromatic nitrogens is 3. The van der Waals surface area contributed by atoms with Gasteiger partial charge in [0.05, 0.1) is 32.5 Å². The lowest BCUT2D eigenvalue weighted by Crippen LogP contribution is -2.62. The minimum absolute atomic E-state index is 0.0869. The van der Waals surface area contributed by atoms with Crippen molar-refractivity contribution in [3.8, 4) is 28.4 Å². The second kappa shape index (κ2) is 17.5. The highest BCUT2D eigenvalue weighted by molar-refractivity contribution is 7.99. The minimum atomic E-state index is -1.51. The summed E-state index contributed by atoms with van der Waals surface area (Å²) in [5, 5.41) is 46.2. The molecule has 0 saturated carbocycles. The first kappa shape index (κ1) is 38.8. The summed E-state index contributed by atoms with van der Waals surface area (Å²) < 4.78 is 37.3. The van der Waals surface area contributed by atoms with E-state index in [9.17, 15) is 15.3 Å². The molecule has 3 heterocycles. The van der Waals surface area contributed by atoms with E-state index in [1.165, 1.54) is 14.2 Å². The molecule has 2 aliphatic rings. The molecule has 4 aromatic rings. The number of nitrogens with two attached hydrogens (primary N) is 2. The molecular formula is C35H44ClN7O9S. The molecule has 18 heteroatoms. The van der Waals surface area contributed by atoms with Crippen LogP contribution in [0.1, 0.15) is 18.9 Å². The number of hydrogen-bond acceptors (Lipinski definition) is 16. The summed E-state index contributed by atoms with van der Waals surface area (Å²) in [7, 11) is 2.96. The Hall–Kier alpha value is -3.88. The molecule has 2 saturated heterocycles. The first-order valence-corrected chi connectivity index (χ1v) is 18.2. The largest absolute Gasteiger partial charge is 0.493 e. The Morgan fingerprint density at radius 1 is 0.925 bits per heavy atom. The number of hydrogen-bond donors (Lipinski definition) is 7. The van der Waals surface area contributed by atoms with Crippen LogP contribution in [0.4, 0.5) is 5.95 Å². The van der Waals surface area contributed by atoms with Crippen molar-refractivity contribution in [2.24, 2.45) is 5.84 Å². The maximum Gasteiger partial charge on any atom is 0.258 e. The van der Waals surface area contributed by atoms with Gasteiger partial charge in [-0.1, -0.05) is 65.8 Å². The molecule has 0 unspecified atom stereocenters. The number of nitrogens with zero attached hydrogens (tertiary/aromatic N) is 3. The van der Waals surface area contributed by atoms with E-state index >= 15 is 0 Å². The Morgan fingerprint density at radius 3 is 2.21 bits per heavy atom. The van der Waals surface area contributed by atoms with E-state index in [2.05, 4.69) is 20.9 Å². The second-order valence-electron chi connectivity index (χ2n) is 12.6. The van der Waals surface area contributed by atoms with Crippen LogP contribution >= 0.6 is 23.4 Å². The van der Waals surface area contributed by atoms with E-state index in [-0.39, 0.29) is 29.0 Å². The predicted molar refractivity (Wildman–Crippen MR) is 197 cm³/mol. The van der Waals surface area contributed by atoms with Crippen molar-refractivity contribution in [1.29, 1.82) is 0 Å². The van der Waals surface area contributed by atoms with E-state index in [1.807, 2.05) is 48.5 Å². The maximum atomic E-state index is 11.6. The van der Waals surface area contributed by atoms with Crippen molar-refractivity contribution in [1.82, 2.24) is 20.2 Å². The van der Waals surface area contributed by atoms with Gasteiger partial charge in [0.25, 0.3) is 5.95 Å². The quantitative estimate of drug-likeness (QED) is 0.0555. The van der Waals surface area contributed by atoms with Gasteiger partial charge in [-0.2, -0.15) is 0 Å². The van der Waals surface area contributed by atoms with Gasteiger partial charge in [0.2, 0.25) is 17.2 Å². The molecule has 286 valence electrons. The SMILES string of the molecule is COc1cccc(OC)c1O[C@@H]1O[C@H](CSc2nnc(NN)n2N)[C@@H](O)[C@H](O)[C@H]1O[C@H]1C[C@H](NCc2ccc(-c3ccc(Cl)cc3)cc2)[C@H](O)[C@H](C)O1. The molecule has 2 aliphatic heterocycles. The number of nitrogens with one attached hydrogen (secondary N) is 2. The van der Waals surface area contributed by atoms with Crippen LogP contribution in [-0.2, 0) is 20.8 Å². The van der Waals surface area contributed by atoms with Crippen LogP contribution in [0.2, 0.25) is 5.02 Å². The zero-order valence-corrected chi connectivity index (χ0v) is 30.8. The van der Waals surface area contributed by atoms with Crippen molar-refractivity contribution >= 4 is 29.3 Å². The predicted octanol–water partition coefficient (Wildman–Crippen LogP) is 2.27. The summed E-state index contributed by atoms with van der Waals surface area (Å²) in [4.78, 5) is 0. The number of halogens is 1. The van der Waals surface area contributed by atoms with E-state index in [0.717, 1.165) is 33.1 Å². The summed E-state index contributed by atoms with van der Waals surface area (Å²) in [6, 6.07) is 20.4. The number of aliphatic hydroxyl groups is 3. The molecule has 3 aromatic carbocycles. The van der Waals surface area contributed by atoms with Gasteiger partial charge in [0.15, 0.2) is 23.9 Å². The third kappa shape index (κ3) is 8.92. The van der Waals surface area contributed by atoms with Gasteiger partial charge in [-0.05, 0) is 47.9 Å². The monoisotopic (exact) mass is 773 g/mol. The number of rotatable bonds is 14. The van der Waals surface area contributed by atoms with Crippen molar-refractivity contribution in [2.45, 2.75) is 80.3 Å². The Bertz CT molecular complexity index is 1770. The molecule has 9 atom stereocenters. The van der Waals surface area contributed by atoms with E-state index < -0.39 is 55.2 Å².